The van der Waals surface area contributed by atoms with E-state index >= 15 is 0 Å². The maximum absolute atomic E-state index is 11.0. The largest absolute Gasteiger partial charge is 0.423 e. The van der Waals surface area contributed by atoms with Gasteiger partial charge in [0.2, 0.25) is 0 Å². The lowest BCUT2D eigenvalue weighted by Crippen LogP contribution is -2.39. The fourth-order valence-electron chi connectivity index (χ4n) is 2.82. The Balaban J connectivity index is 1.87. The van der Waals surface area contributed by atoms with Crippen molar-refractivity contribution in [3.63, 3.8) is 0 Å². The van der Waals surface area contributed by atoms with E-state index in [0.29, 0.717) is 11.6 Å². The van der Waals surface area contributed by atoms with Gasteiger partial charge in [-0.3, -0.25) is 10.1 Å². The van der Waals surface area contributed by atoms with Crippen molar-refractivity contribution in [3.8, 4) is 0 Å². The Morgan fingerprint density at radius 3 is 2.95 bits per heavy atom. The molecule has 2 atom stereocenters. The van der Waals surface area contributed by atoms with E-state index in [-0.39, 0.29) is 23.3 Å². The fourth-order valence-corrected chi connectivity index (χ4v) is 2.82. The van der Waals surface area contributed by atoms with E-state index in [0.717, 1.165) is 25.7 Å². The molecular weight excluding hydrogens is 272 g/mol. The Kier molecular flexibility index (Phi) is 3.74. The van der Waals surface area contributed by atoms with Crippen LogP contribution in [0.4, 0.5) is 11.7 Å². The van der Waals surface area contributed by atoms with Gasteiger partial charge >= 0.3 is 0 Å². The molecule has 0 bridgehead atoms. The van der Waals surface area contributed by atoms with E-state index in [1.807, 2.05) is 0 Å². The summed E-state index contributed by atoms with van der Waals surface area (Å²) in [4.78, 5) is 14.8. The highest BCUT2D eigenvalue weighted by atomic mass is 16.6. The number of hydrogen-bond acceptors (Lipinski definition) is 6. The average Bonchev–Trinajstić information content (AvgIpc) is 2.76. The van der Waals surface area contributed by atoms with Gasteiger partial charge < -0.3 is 15.5 Å². The molecule has 0 aliphatic heterocycles. The van der Waals surface area contributed by atoms with Crippen molar-refractivity contribution in [2.45, 2.75) is 44.2 Å². The molecule has 3 N–H and O–H groups in total. The molecule has 1 aromatic heterocycles. The number of para-hydroxylation sites is 1. The molecule has 1 aliphatic rings. The third kappa shape index (κ3) is 2.82. The lowest BCUT2D eigenvalue weighted by atomic mass is 10.0. The molecule has 7 nitrogen and oxygen atoms in total. The number of anilines is 1. The van der Waals surface area contributed by atoms with Gasteiger partial charge in [0.15, 0.2) is 11.1 Å². The van der Waals surface area contributed by atoms with Gasteiger partial charge in [-0.05, 0) is 18.9 Å². The number of fused-ring (bicyclic) bond motifs is 1. The number of nitro benzene ring substituents is 1. The van der Waals surface area contributed by atoms with Crippen molar-refractivity contribution < 1.29 is 9.34 Å². The second kappa shape index (κ2) is 5.69. The topological polar surface area (TPSA) is 107 Å². The standard InChI is InChI=1S/C14H18N4O3/c15-9-5-2-1-3-6-10(9)16-14-17-13-11(18(19)20)7-4-8-12(13)21-14/h4,7-10H,1-3,5-6,15H2,(H,16,17). The molecule has 1 aliphatic carbocycles. The molecule has 1 aromatic carbocycles. The third-order valence-corrected chi connectivity index (χ3v) is 3.97. The number of nitrogens with zero attached hydrogens (tertiary/aromatic N) is 2. The Morgan fingerprint density at radius 1 is 1.33 bits per heavy atom. The molecule has 1 fully saturated rings. The Labute approximate surface area is 121 Å². The van der Waals surface area contributed by atoms with Gasteiger partial charge in [0.25, 0.3) is 11.7 Å². The van der Waals surface area contributed by atoms with Crippen LogP contribution in [0.1, 0.15) is 32.1 Å². The van der Waals surface area contributed by atoms with E-state index < -0.39 is 4.92 Å². The zero-order chi connectivity index (χ0) is 14.8. The SMILES string of the molecule is NC1CCCCCC1Nc1nc2c([N+](=O)[O-])cccc2o1. The number of rotatable bonds is 3. The Bertz CT molecular complexity index is 655. The normalized spacial score (nSPS) is 22.9. The first kappa shape index (κ1) is 13.8. The number of nitro groups is 1. The number of oxazole rings is 1. The predicted octanol–water partition coefficient (Wildman–Crippen LogP) is 2.81. The first-order valence-electron chi connectivity index (χ1n) is 7.21. The van der Waals surface area contributed by atoms with Crippen LogP contribution in [0.15, 0.2) is 22.6 Å². The van der Waals surface area contributed by atoms with Gasteiger partial charge in [-0.2, -0.15) is 4.98 Å². The molecule has 112 valence electrons. The molecule has 2 unspecified atom stereocenters. The minimum Gasteiger partial charge on any atom is -0.423 e. The summed E-state index contributed by atoms with van der Waals surface area (Å²) in [5.41, 5.74) is 6.79. The van der Waals surface area contributed by atoms with E-state index in [9.17, 15) is 10.1 Å². The Morgan fingerprint density at radius 2 is 2.14 bits per heavy atom. The highest BCUT2D eigenvalue weighted by Gasteiger charge is 2.23. The van der Waals surface area contributed by atoms with Crippen LogP contribution in [0.5, 0.6) is 0 Å². The first-order chi connectivity index (χ1) is 10.1. The molecule has 21 heavy (non-hydrogen) atoms. The smallest absolute Gasteiger partial charge is 0.298 e. The highest BCUT2D eigenvalue weighted by Crippen LogP contribution is 2.28. The van der Waals surface area contributed by atoms with Crippen molar-refractivity contribution in [2.24, 2.45) is 5.73 Å². The molecule has 1 saturated carbocycles. The maximum Gasteiger partial charge on any atom is 0.298 e. The summed E-state index contributed by atoms with van der Waals surface area (Å²) in [6, 6.07) is 5.14. The van der Waals surface area contributed by atoms with Gasteiger partial charge in [0.1, 0.15) is 0 Å². The van der Waals surface area contributed by atoms with Crippen molar-refractivity contribution in [1.82, 2.24) is 4.98 Å². The predicted molar refractivity (Wildman–Crippen MR) is 79.1 cm³/mol. The molecule has 1 heterocycles. The van der Waals surface area contributed by atoms with Crippen molar-refractivity contribution in [2.75, 3.05) is 5.32 Å². The molecule has 0 amide bonds. The van der Waals surface area contributed by atoms with Crippen LogP contribution in [-0.4, -0.2) is 22.0 Å². The molecule has 0 saturated heterocycles. The van der Waals surface area contributed by atoms with Crippen LogP contribution < -0.4 is 11.1 Å². The summed E-state index contributed by atoms with van der Waals surface area (Å²) in [5.74, 6) is 0. The molecule has 0 radical (unpaired) electrons. The number of nitrogens with two attached hydrogens (primary N) is 1. The zero-order valence-corrected chi connectivity index (χ0v) is 11.6. The summed E-state index contributed by atoms with van der Waals surface area (Å²) in [6.07, 6.45) is 5.37. The summed E-state index contributed by atoms with van der Waals surface area (Å²) >= 11 is 0. The van der Waals surface area contributed by atoms with Gasteiger partial charge in [0, 0.05) is 18.2 Å². The monoisotopic (exact) mass is 290 g/mol. The van der Waals surface area contributed by atoms with Crippen LogP contribution in [0.3, 0.4) is 0 Å². The van der Waals surface area contributed by atoms with Gasteiger partial charge in [-0.1, -0.05) is 25.3 Å². The molecular formula is C14H18N4O3. The van der Waals surface area contributed by atoms with E-state index in [2.05, 4.69) is 10.3 Å². The average molecular weight is 290 g/mol. The molecule has 0 spiro atoms. The number of aromatic nitrogens is 1. The highest BCUT2D eigenvalue weighted by molar-refractivity contribution is 5.84. The van der Waals surface area contributed by atoms with E-state index in [1.54, 1.807) is 12.1 Å². The minimum atomic E-state index is -0.452. The zero-order valence-electron chi connectivity index (χ0n) is 11.6. The van der Waals surface area contributed by atoms with E-state index in [1.165, 1.54) is 12.5 Å². The summed E-state index contributed by atoms with van der Waals surface area (Å²) in [6.45, 7) is 0. The van der Waals surface area contributed by atoms with Crippen LogP contribution in [0, 0.1) is 10.1 Å². The number of hydrogen-bond donors (Lipinski definition) is 2. The maximum atomic E-state index is 11.0. The minimum absolute atomic E-state index is 0.0468. The summed E-state index contributed by atoms with van der Waals surface area (Å²) < 4.78 is 5.57. The van der Waals surface area contributed by atoms with Gasteiger partial charge in [-0.25, -0.2) is 0 Å². The van der Waals surface area contributed by atoms with Crippen molar-refractivity contribution >= 4 is 22.8 Å². The third-order valence-electron chi connectivity index (χ3n) is 3.97. The molecule has 7 heteroatoms. The Hall–Kier alpha value is -2.15. The number of nitrogens with one attached hydrogen (secondary N) is 1. The number of benzene rings is 1. The van der Waals surface area contributed by atoms with Crippen LogP contribution in [0.25, 0.3) is 11.1 Å². The quantitative estimate of drug-likeness (QED) is 0.511. The van der Waals surface area contributed by atoms with Crippen LogP contribution in [0.2, 0.25) is 0 Å². The van der Waals surface area contributed by atoms with Crippen LogP contribution in [-0.2, 0) is 0 Å². The summed E-state index contributed by atoms with van der Waals surface area (Å²) in [5, 5.41) is 14.2. The molecule has 2 aromatic rings. The van der Waals surface area contributed by atoms with Gasteiger partial charge in [0.05, 0.1) is 4.92 Å². The summed E-state index contributed by atoms with van der Waals surface area (Å²) in [7, 11) is 0. The van der Waals surface area contributed by atoms with Crippen molar-refractivity contribution in [3.05, 3.63) is 28.3 Å². The van der Waals surface area contributed by atoms with E-state index in [4.69, 9.17) is 10.2 Å². The van der Waals surface area contributed by atoms with Crippen LogP contribution >= 0.6 is 0 Å². The lowest BCUT2D eigenvalue weighted by Gasteiger charge is -2.21. The number of non-ortho nitro benzene ring substituents is 1. The second-order valence-electron chi connectivity index (χ2n) is 5.45. The first-order valence-corrected chi connectivity index (χ1v) is 7.21. The van der Waals surface area contributed by atoms with Gasteiger partial charge in [-0.15, -0.1) is 0 Å². The lowest BCUT2D eigenvalue weighted by molar-refractivity contribution is -0.383. The molecule has 3 rings (SSSR count). The second-order valence-corrected chi connectivity index (χ2v) is 5.45. The fraction of sp³-hybridized carbons (Fsp3) is 0.500. The van der Waals surface area contributed by atoms with Crippen molar-refractivity contribution in [1.29, 1.82) is 0 Å².